The van der Waals surface area contributed by atoms with Crippen LogP contribution in [0.25, 0.3) is 5.70 Å². The topological polar surface area (TPSA) is 42.3 Å². The Kier molecular flexibility index (Phi) is 6.65. The van der Waals surface area contributed by atoms with Gasteiger partial charge in [0.2, 0.25) is 0 Å². The molecule has 1 aromatic heterocycles. The van der Waals surface area contributed by atoms with Crippen LogP contribution in [0.15, 0.2) is 31.0 Å². The van der Waals surface area contributed by atoms with E-state index in [-0.39, 0.29) is 0 Å². The summed E-state index contributed by atoms with van der Waals surface area (Å²) in [4.78, 5) is 2.16. The molecule has 0 saturated carbocycles. The third-order valence-corrected chi connectivity index (χ3v) is 4.30. The van der Waals surface area contributed by atoms with Crippen LogP contribution in [0.4, 0.5) is 0 Å². The molecule has 0 aliphatic heterocycles. The number of hydrogen-bond donors (Lipinski definition) is 1. The SMILES string of the molecule is C=C(c1nn(Cc2ccc(CNC)cc2OC)cc1C)N(C)CCC. The zero-order chi connectivity index (χ0) is 18.4. The van der Waals surface area contributed by atoms with E-state index in [1.165, 1.54) is 5.56 Å². The third-order valence-electron chi connectivity index (χ3n) is 4.30. The zero-order valence-electron chi connectivity index (χ0n) is 16.1. The molecule has 1 N–H and O–H groups in total. The van der Waals surface area contributed by atoms with Gasteiger partial charge in [-0.2, -0.15) is 5.10 Å². The van der Waals surface area contributed by atoms with Crippen molar-refractivity contribution in [3.05, 3.63) is 53.4 Å². The van der Waals surface area contributed by atoms with E-state index < -0.39 is 0 Å². The van der Waals surface area contributed by atoms with Gasteiger partial charge < -0.3 is 15.0 Å². The van der Waals surface area contributed by atoms with Crippen molar-refractivity contribution in [2.24, 2.45) is 0 Å². The number of nitrogens with zero attached hydrogens (tertiary/aromatic N) is 3. The molecule has 136 valence electrons. The summed E-state index contributed by atoms with van der Waals surface area (Å²) in [6.07, 6.45) is 3.16. The van der Waals surface area contributed by atoms with Crippen molar-refractivity contribution in [3.63, 3.8) is 0 Å². The molecule has 2 aromatic rings. The molecule has 0 saturated heterocycles. The minimum Gasteiger partial charge on any atom is -0.496 e. The molecule has 0 aliphatic carbocycles. The van der Waals surface area contributed by atoms with E-state index in [2.05, 4.69) is 62.1 Å². The second kappa shape index (κ2) is 8.72. The maximum absolute atomic E-state index is 5.56. The quantitative estimate of drug-likeness (QED) is 0.759. The van der Waals surface area contributed by atoms with Crippen LogP contribution in [0, 0.1) is 6.92 Å². The van der Waals surface area contributed by atoms with Gasteiger partial charge in [0, 0.05) is 31.9 Å². The molecule has 2 rings (SSSR count). The van der Waals surface area contributed by atoms with Crippen LogP contribution in [-0.4, -0.2) is 42.4 Å². The van der Waals surface area contributed by atoms with E-state index in [1.54, 1.807) is 7.11 Å². The van der Waals surface area contributed by atoms with Crippen LogP contribution in [-0.2, 0) is 13.1 Å². The highest BCUT2D eigenvalue weighted by Gasteiger charge is 2.13. The van der Waals surface area contributed by atoms with E-state index in [0.29, 0.717) is 6.54 Å². The number of nitrogens with one attached hydrogen (secondary N) is 1. The average molecular weight is 342 g/mol. The van der Waals surface area contributed by atoms with Gasteiger partial charge in [-0.1, -0.05) is 25.6 Å². The van der Waals surface area contributed by atoms with Gasteiger partial charge in [-0.3, -0.25) is 4.68 Å². The lowest BCUT2D eigenvalue weighted by Crippen LogP contribution is -2.17. The first-order valence-corrected chi connectivity index (χ1v) is 8.75. The molecule has 0 spiro atoms. The standard InChI is InChI=1S/C20H30N4O/c1-7-10-23(5)16(3)20-15(2)13-24(22-20)14-18-9-8-17(12-21-4)11-19(18)25-6/h8-9,11,13,21H,3,7,10,12,14H2,1-2,4-6H3. The van der Waals surface area contributed by atoms with Gasteiger partial charge in [0.05, 0.1) is 19.4 Å². The molecule has 5 heteroatoms. The normalized spacial score (nSPS) is 10.8. The summed E-state index contributed by atoms with van der Waals surface area (Å²) in [5, 5.41) is 7.91. The number of rotatable bonds is 9. The summed E-state index contributed by atoms with van der Waals surface area (Å²) in [5.74, 6) is 0.893. The number of methoxy groups -OCH3 is 1. The smallest absolute Gasteiger partial charge is 0.124 e. The van der Waals surface area contributed by atoms with Crippen molar-refractivity contribution in [1.82, 2.24) is 20.0 Å². The molecule has 0 bridgehead atoms. The molecule has 0 aliphatic rings. The molecular weight excluding hydrogens is 312 g/mol. The van der Waals surface area contributed by atoms with Crippen molar-refractivity contribution >= 4 is 5.70 Å². The van der Waals surface area contributed by atoms with Gasteiger partial charge in [0.1, 0.15) is 11.4 Å². The summed E-state index contributed by atoms with van der Waals surface area (Å²) >= 11 is 0. The lowest BCUT2D eigenvalue weighted by Gasteiger charge is -2.19. The Labute approximate surface area is 151 Å². The fourth-order valence-corrected chi connectivity index (χ4v) is 2.95. The summed E-state index contributed by atoms with van der Waals surface area (Å²) < 4.78 is 7.53. The monoisotopic (exact) mass is 342 g/mol. The van der Waals surface area contributed by atoms with Crippen molar-refractivity contribution < 1.29 is 4.74 Å². The number of aromatic nitrogens is 2. The highest BCUT2D eigenvalue weighted by Crippen LogP contribution is 2.23. The Morgan fingerprint density at radius 3 is 2.80 bits per heavy atom. The Morgan fingerprint density at radius 2 is 2.16 bits per heavy atom. The molecule has 0 fully saturated rings. The Morgan fingerprint density at radius 1 is 1.40 bits per heavy atom. The molecule has 1 heterocycles. The molecular formula is C20H30N4O. The summed E-state index contributed by atoms with van der Waals surface area (Å²) in [5.41, 5.74) is 5.38. The van der Waals surface area contributed by atoms with E-state index in [4.69, 9.17) is 9.84 Å². The van der Waals surface area contributed by atoms with Crippen LogP contribution < -0.4 is 10.1 Å². The second-order valence-corrected chi connectivity index (χ2v) is 6.40. The lowest BCUT2D eigenvalue weighted by atomic mass is 10.1. The number of hydrogen-bond acceptors (Lipinski definition) is 4. The highest BCUT2D eigenvalue weighted by molar-refractivity contribution is 5.60. The fraction of sp³-hybridized carbons (Fsp3) is 0.450. The molecule has 0 unspecified atom stereocenters. The average Bonchev–Trinajstić information content (AvgIpc) is 2.96. The second-order valence-electron chi connectivity index (χ2n) is 6.40. The van der Waals surface area contributed by atoms with Gasteiger partial charge >= 0.3 is 0 Å². The molecule has 0 radical (unpaired) electrons. The van der Waals surface area contributed by atoms with Crippen LogP contribution in [0.2, 0.25) is 0 Å². The van der Waals surface area contributed by atoms with E-state index >= 15 is 0 Å². The Balaban J connectivity index is 2.21. The van der Waals surface area contributed by atoms with Crippen LogP contribution in [0.5, 0.6) is 5.75 Å². The van der Waals surface area contributed by atoms with Gasteiger partial charge in [-0.25, -0.2) is 0 Å². The summed E-state index contributed by atoms with van der Waals surface area (Å²) in [7, 11) is 5.72. The van der Waals surface area contributed by atoms with E-state index in [1.807, 2.05) is 11.7 Å². The van der Waals surface area contributed by atoms with Crippen molar-refractivity contribution in [2.75, 3.05) is 27.7 Å². The number of aryl methyl sites for hydroxylation is 1. The largest absolute Gasteiger partial charge is 0.496 e. The molecule has 25 heavy (non-hydrogen) atoms. The van der Waals surface area contributed by atoms with Crippen LogP contribution in [0.3, 0.4) is 0 Å². The predicted molar refractivity (Wildman–Crippen MR) is 104 cm³/mol. The van der Waals surface area contributed by atoms with Gasteiger partial charge in [-0.15, -0.1) is 0 Å². The van der Waals surface area contributed by atoms with Gasteiger partial charge in [0.15, 0.2) is 0 Å². The maximum Gasteiger partial charge on any atom is 0.124 e. The molecule has 0 atom stereocenters. The Bertz CT molecular complexity index is 720. The lowest BCUT2D eigenvalue weighted by molar-refractivity contribution is 0.406. The predicted octanol–water partition coefficient (Wildman–Crippen LogP) is 3.28. The molecule has 0 amide bonds. The van der Waals surface area contributed by atoms with E-state index in [9.17, 15) is 0 Å². The van der Waals surface area contributed by atoms with Crippen molar-refractivity contribution in [3.8, 4) is 5.75 Å². The fourth-order valence-electron chi connectivity index (χ4n) is 2.95. The molecule has 1 aromatic carbocycles. The Hall–Kier alpha value is -2.27. The first kappa shape index (κ1) is 19.1. The van der Waals surface area contributed by atoms with Gasteiger partial charge in [0.25, 0.3) is 0 Å². The van der Waals surface area contributed by atoms with Gasteiger partial charge in [-0.05, 0) is 37.6 Å². The minimum absolute atomic E-state index is 0.675. The third kappa shape index (κ3) is 4.63. The van der Waals surface area contributed by atoms with Crippen molar-refractivity contribution in [2.45, 2.75) is 33.4 Å². The number of benzene rings is 1. The molecule has 5 nitrogen and oxygen atoms in total. The maximum atomic E-state index is 5.56. The van der Waals surface area contributed by atoms with Crippen LogP contribution in [0.1, 0.15) is 35.7 Å². The van der Waals surface area contributed by atoms with E-state index in [0.717, 1.165) is 47.8 Å². The summed E-state index contributed by atoms with van der Waals surface area (Å²) in [6, 6.07) is 6.32. The number of ether oxygens (including phenoxy) is 1. The summed E-state index contributed by atoms with van der Waals surface area (Å²) in [6.45, 7) is 10.9. The van der Waals surface area contributed by atoms with Crippen molar-refractivity contribution in [1.29, 1.82) is 0 Å². The highest BCUT2D eigenvalue weighted by atomic mass is 16.5. The van der Waals surface area contributed by atoms with Crippen LogP contribution >= 0.6 is 0 Å². The zero-order valence-corrected chi connectivity index (χ0v) is 16.1. The first-order valence-electron chi connectivity index (χ1n) is 8.75. The first-order chi connectivity index (χ1) is 12.0. The minimum atomic E-state index is 0.675.